The number of aliphatic hydroxyl groups excluding tert-OH is 1. The summed E-state index contributed by atoms with van der Waals surface area (Å²) in [4.78, 5) is 24.2. The number of carboxylic acid groups (broad SMARTS) is 1. The number of urea groups is 1. The van der Waals surface area contributed by atoms with Gasteiger partial charge in [-0.25, -0.2) is 9.59 Å². The second-order valence-corrected chi connectivity index (χ2v) is 4.89. The van der Waals surface area contributed by atoms with E-state index in [1.54, 1.807) is 0 Å². The van der Waals surface area contributed by atoms with Gasteiger partial charge in [0.15, 0.2) is 6.10 Å². The number of nitrogens with zero attached hydrogens (tertiary/aromatic N) is 2. The van der Waals surface area contributed by atoms with Crippen LogP contribution in [0, 0.1) is 5.92 Å². The van der Waals surface area contributed by atoms with Crippen molar-refractivity contribution in [3.8, 4) is 0 Å². The number of rotatable bonds is 3. The Kier molecular flexibility index (Phi) is 5.21. The summed E-state index contributed by atoms with van der Waals surface area (Å²) >= 11 is 0. The first-order valence-corrected chi connectivity index (χ1v) is 6.09. The zero-order valence-corrected chi connectivity index (χ0v) is 10.9. The highest BCUT2D eigenvalue weighted by Crippen LogP contribution is 2.22. The van der Waals surface area contributed by atoms with E-state index < -0.39 is 36.7 Å². The molecular formula is C11H17F3N2O4. The Balaban J connectivity index is 2.62. The van der Waals surface area contributed by atoms with Gasteiger partial charge in [0.1, 0.15) is 6.54 Å². The third-order valence-electron chi connectivity index (χ3n) is 3.17. The van der Waals surface area contributed by atoms with Crippen molar-refractivity contribution in [1.29, 1.82) is 0 Å². The van der Waals surface area contributed by atoms with Gasteiger partial charge in [0, 0.05) is 26.1 Å². The summed E-state index contributed by atoms with van der Waals surface area (Å²) in [6.07, 6.45) is -5.24. The van der Waals surface area contributed by atoms with E-state index in [1.807, 2.05) is 0 Å². The highest BCUT2D eigenvalue weighted by molar-refractivity contribution is 5.75. The number of piperidine rings is 1. The van der Waals surface area contributed by atoms with Crippen LogP contribution in [0.4, 0.5) is 18.0 Å². The van der Waals surface area contributed by atoms with Crippen molar-refractivity contribution in [2.75, 3.05) is 26.7 Å². The van der Waals surface area contributed by atoms with E-state index in [-0.39, 0.29) is 13.1 Å². The molecule has 2 amide bonds. The molecule has 6 nitrogen and oxygen atoms in total. The van der Waals surface area contributed by atoms with Gasteiger partial charge in [-0.05, 0) is 12.8 Å². The van der Waals surface area contributed by atoms with Crippen LogP contribution in [0.2, 0.25) is 0 Å². The number of likely N-dealkylation sites (tertiary alicyclic amines) is 1. The number of alkyl halides is 3. The number of aliphatic hydroxyl groups is 1. The van der Waals surface area contributed by atoms with Gasteiger partial charge in [-0.2, -0.15) is 13.2 Å². The zero-order chi connectivity index (χ0) is 15.5. The summed E-state index contributed by atoms with van der Waals surface area (Å²) in [7, 11) is 1.03. The molecular weight excluding hydrogens is 281 g/mol. The third kappa shape index (κ3) is 4.55. The molecule has 20 heavy (non-hydrogen) atoms. The van der Waals surface area contributed by atoms with Gasteiger partial charge in [-0.1, -0.05) is 0 Å². The highest BCUT2D eigenvalue weighted by Gasteiger charge is 2.36. The molecule has 0 spiro atoms. The number of carboxylic acids is 1. The first kappa shape index (κ1) is 16.5. The van der Waals surface area contributed by atoms with Gasteiger partial charge in [0.2, 0.25) is 0 Å². The molecule has 2 atom stereocenters. The molecule has 1 aliphatic rings. The fourth-order valence-corrected chi connectivity index (χ4v) is 2.22. The van der Waals surface area contributed by atoms with Crippen LogP contribution < -0.4 is 0 Å². The van der Waals surface area contributed by atoms with Gasteiger partial charge in [-0.15, -0.1) is 0 Å². The Morgan fingerprint density at radius 2 is 2.05 bits per heavy atom. The van der Waals surface area contributed by atoms with Crippen molar-refractivity contribution >= 4 is 12.0 Å². The molecule has 2 N–H and O–H groups in total. The molecule has 0 saturated carbocycles. The number of hydrogen-bond donors (Lipinski definition) is 2. The van der Waals surface area contributed by atoms with Crippen LogP contribution in [0.3, 0.4) is 0 Å². The Labute approximate surface area is 113 Å². The summed E-state index contributed by atoms with van der Waals surface area (Å²) < 4.78 is 36.6. The third-order valence-corrected chi connectivity index (χ3v) is 3.17. The molecule has 1 fully saturated rings. The van der Waals surface area contributed by atoms with Crippen LogP contribution in [-0.4, -0.2) is 71.0 Å². The lowest BCUT2D eigenvalue weighted by atomic mass is 9.93. The van der Waals surface area contributed by atoms with Crippen LogP contribution in [0.1, 0.15) is 12.8 Å². The van der Waals surface area contributed by atoms with Crippen molar-refractivity contribution < 1.29 is 33.0 Å². The molecule has 1 aliphatic heterocycles. The molecule has 0 bridgehead atoms. The lowest BCUT2D eigenvalue weighted by Gasteiger charge is -2.36. The molecule has 9 heteroatoms. The van der Waals surface area contributed by atoms with Crippen molar-refractivity contribution in [1.82, 2.24) is 9.80 Å². The Bertz CT molecular complexity index is 375. The van der Waals surface area contributed by atoms with Crippen LogP contribution >= 0.6 is 0 Å². The number of halogens is 3. The topological polar surface area (TPSA) is 81.1 Å². The Morgan fingerprint density at radius 1 is 1.45 bits per heavy atom. The highest BCUT2D eigenvalue weighted by atomic mass is 19.4. The number of carbonyl (C=O) groups excluding carboxylic acids is 1. The van der Waals surface area contributed by atoms with Gasteiger partial charge in [0.25, 0.3) is 0 Å². The molecule has 0 aliphatic carbocycles. The van der Waals surface area contributed by atoms with Crippen LogP contribution in [-0.2, 0) is 4.79 Å². The average molecular weight is 298 g/mol. The van der Waals surface area contributed by atoms with Gasteiger partial charge < -0.3 is 20.0 Å². The van der Waals surface area contributed by atoms with E-state index in [0.717, 1.165) is 11.9 Å². The maximum atomic E-state index is 12.2. The number of amides is 2. The summed E-state index contributed by atoms with van der Waals surface area (Å²) in [6.45, 7) is -1.17. The van der Waals surface area contributed by atoms with Crippen LogP contribution in [0.15, 0.2) is 0 Å². The fraction of sp³-hybridized carbons (Fsp3) is 0.818. The smallest absolute Gasteiger partial charge is 0.406 e. The minimum Gasteiger partial charge on any atom is -0.479 e. The second kappa shape index (κ2) is 6.29. The molecule has 2 unspecified atom stereocenters. The molecule has 1 saturated heterocycles. The average Bonchev–Trinajstić information content (AvgIpc) is 2.35. The Hall–Kier alpha value is -1.51. The first-order chi connectivity index (χ1) is 9.11. The lowest BCUT2D eigenvalue weighted by molar-refractivity contribution is -0.150. The SMILES string of the molecule is CN(CC(F)(F)F)C(=O)N1CCCC(C(O)C(=O)O)C1. The van der Waals surface area contributed by atoms with E-state index in [2.05, 4.69) is 0 Å². The van der Waals surface area contributed by atoms with Crippen molar-refractivity contribution in [3.05, 3.63) is 0 Å². The normalized spacial score (nSPS) is 21.4. The molecule has 0 aromatic carbocycles. The predicted octanol–water partition coefficient (Wildman–Crippen LogP) is 0.758. The molecule has 0 aromatic heterocycles. The summed E-state index contributed by atoms with van der Waals surface area (Å²) in [5.41, 5.74) is 0. The minimum atomic E-state index is -4.49. The summed E-state index contributed by atoms with van der Waals surface area (Å²) in [6, 6.07) is -0.815. The van der Waals surface area contributed by atoms with Gasteiger partial charge >= 0.3 is 18.2 Å². The largest absolute Gasteiger partial charge is 0.479 e. The number of carbonyl (C=O) groups is 2. The fourth-order valence-electron chi connectivity index (χ4n) is 2.22. The summed E-state index contributed by atoms with van der Waals surface area (Å²) in [5, 5.41) is 18.2. The van der Waals surface area contributed by atoms with Gasteiger partial charge in [0.05, 0.1) is 0 Å². The minimum absolute atomic E-state index is 0.0610. The molecule has 0 aromatic rings. The molecule has 116 valence electrons. The number of aliphatic carboxylic acids is 1. The summed E-state index contributed by atoms with van der Waals surface area (Å²) in [5.74, 6) is -2.06. The van der Waals surface area contributed by atoms with E-state index in [0.29, 0.717) is 17.7 Å². The van der Waals surface area contributed by atoms with E-state index >= 15 is 0 Å². The monoisotopic (exact) mass is 298 g/mol. The van der Waals surface area contributed by atoms with Crippen molar-refractivity contribution in [2.24, 2.45) is 5.92 Å². The van der Waals surface area contributed by atoms with Crippen LogP contribution in [0.5, 0.6) is 0 Å². The lowest BCUT2D eigenvalue weighted by Crippen LogP contribution is -2.51. The van der Waals surface area contributed by atoms with E-state index in [1.165, 1.54) is 0 Å². The van der Waals surface area contributed by atoms with Crippen molar-refractivity contribution in [3.63, 3.8) is 0 Å². The quantitative estimate of drug-likeness (QED) is 0.806. The molecule has 1 heterocycles. The van der Waals surface area contributed by atoms with E-state index in [9.17, 15) is 27.9 Å². The maximum Gasteiger partial charge on any atom is 0.406 e. The first-order valence-electron chi connectivity index (χ1n) is 6.09. The standard InChI is InChI=1S/C11H17F3N2O4/c1-15(6-11(12,13)14)10(20)16-4-2-3-7(5-16)8(17)9(18)19/h7-8,17H,2-6H2,1H3,(H,18,19). The second-order valence-electron chi connectivity index (χ2n) is 4.89. The van der Waals surface area contributed by atoms with E-state index in [4.69, 9.17) is 5.11 Å². The maximum absolute atomic E-state index is 12.2. The van der Waals surface area contributed by atoms with Gasteiger partial charge in [-0.3, -0.25) is 0 Å². The van der Waals surface area contributed by atoms with Crippen molar-refractivity contribution in [2.45, 2.75) is 25.1 Å². The number of hydrogen-bond acceptors (Lipinski definition) is 3. The predicted molar refractivity (Wildman–Crippen MR) is 62.0 cm³/mol. The van der Waals surface area contributed by atoms with Crippen LogP contribution in [0.25, 0.3) is 0 Å². The molecule has 1 rings (SSSR count). The molecule has 0 radical (unpaired) electrons. The Morgan fingerprint density at radius 3 is 2.55 bits per heavy atom. The zero-order valence-electron chi connectivity index (χ0n) is 10.9.